The molecule has 0 fully saturated rings. The second kappa shape index (κ2) is 5.77. The average Bonchev–Trinajstić information content (AvgIpc) is 2.31. The van der Waals surface area contributed by atoms with Crippen molar-refractivity contribution in [2.45, 2.75) is 11.3 Å². The number of nitrogens with one attached hydrogen (secondary N) is 1. The Labute approximate surface area is 99.5 Å². The second-order valence-corrected chi connectivity index (χ2v) is 5.01. The number of benzene rings is 1. The first-order chi connectivity index (χ1) is 8.01. The smallest absolute Gasteiger partial charge is 0.240 e. The summed E-state index contributed by atoms with van der Waals surface area (Å²) in [6, 6.07) is 3.48. The zero-order valence-electron chi connectivity index (χ0n) is 9.20. The summed E-state index contributed by atoms with van der Waals surface area (Å²) in [6.07, 6.45) is 0.246. The maximum Gasteiger partial charge on any atom is 0.240 e. The fraction of sp³-hybridized carbons (Fsp3) is 0.273. The maximum absolute atomic E-state index is 13.5. The molecule has 0 atom stereocenters. The van der Waals surface area contributed by atoms with Gasteiger partial charge in [-0.25, -0.2) is 17.5 Å². The summed E-state index contributed by atoms with van der Waals surface area (Å²) in [6.45, 7) is -0.0964. The van der Waals surface area contributed by atoms with E-state index in [0.717, 1.165) is 6.07 Å². The summed E-state index contributed by atoms with van der Waals surface area (Å²) in [5, 5.41) is 8.51. The van der Waals surface area contributed by atoms with E-state index in [9.17, 15) is 12.8 Å². The van der Waals surface area contributed by atoms with E-state index in [-0.39, 0.29) is 23.5 Å². The Hall–Kier alpha value is -1.42. The number of aliphatic hydroxyl groups excluding tert-OH is 1. The van der Waals surface area contributed by atoms with Gasteiger partial charge in [0.25, 0.3) is 0 Å². The van der Waals surface area contributed by atoms with E-state index in [4.69, 9.17) is 5.11 Å². The van der Waals surface area contributed by atoms with Crippen molar-refractivity contribution in [1.29, 1.82) is 0 Å². The van der Waals surface area contributed by atoms with Crippen LogP contribution in [0.25, 0.3) is 0 Å². The molecule has 0 heterocycles. The molecule has 2 N–H and O–H groups in total. The summed E-state index contributed by atoms with van der Waals surface area (Å²) in [7, 11) is -2.39. The van der Waals surface area contributed by atoms with Crippen molar-refractivity contribution < 1.29 is 17.9 Å². The van der Waals surface area contributed by atoms with Crippen LogP contribution in [0.3, 0.4) is 0 Å². The molecule has 0 saturated carbocycles. The van der Waals surface area contributed by atoms with Gasteiger partial charge in [-0.1, -0.05) is 11.8 Å². The van der Waals surface area contributed by atoms with E-state index in [1.165, 1.54) is 19.2 Å². The van der Waals surface area contributed by atoms with Crippen LogP contribution in [0.15, 0.2) is 23.1 Å². The molecule has 0 bridgehead atoms. The van der Waals surface area contributed by atoms with Gasteiger partial charge in [0.15, 0.2) is 0 Å². The third-order valence-corrected chi connectivity index (χ3v) is 3.39. The van der Waals surface area contributed by atoms with Gasteiger partial charge in [-0.05, 0) is 25.2 Å². The quantitative estimate of drug-likeness (QED) is 0.773. The van der Waals surface area contributed by atoms with Crippen molar-refractivity contribution in [3.63, 3.8) is 0 Å². The second-order valence-electron chi connectivity index (χ2n) is 3.12. The fourth-order valence-corrected chi connectivity index (χ4v) is 1.84. The first-order valence-corrected chi connectivity index (χ1v) is 6.32. The maximum atomic E-state index is 13.5. The first-order valence-electron chi connectivity index (χ1n) is 4.84. The van der Waals surface area contributed by atoms with Crippen molar-refractivity contribution >= 4 is 10.0 Å². The standard InChI is InChI=1S/C11H12FNO3S/c1-13-17(15,16)10-6-5-9(11(12)8-10)4-2-3-7-14/h5-6,8,13-14H,3,7H2,1H3. The van der Waals surface area contributed by atoms with Crippen LogP contribution in [0.1, 0.15) is 12.0 Å². The molecular formula is C11H12FNO3S. The van der Waals surface area contributed by atoms with Crippen molar-refractivity contribution in [2.75, 3.05) is 13.7 Å². The van der Waals surface area contributed by atoms with Gasteiger partial charge in [0, 0.05) is 6.42 Å². The molecule has 0 radical (unpaired) electrons. The summed E-state index contributed by atoms with van der Waals surface area (Å²) in [4.78, 5) is -0.148. The molecule has 0 saturated heterocycles. The lowest BCUT2D eigenvalue weighted by atomic mass is 10.2. The van der Waals surface area contributed by atoms with Crippen LogP contribution in [0.5, 0.6) is 0 Å². The molecule has 0 unspecified atom stereocenters. The highest BCUT2D eigenvalue weighted by Gasteiger charge is 2.13. The van der Waals surface area contributed by atoms with Crippen molar-refractivity contribution in [3.8, 4) is 11.8 Å². The number of aliphatic hydroxyl groups is 1. The van der Waals surface area contributed by atoms with E-state index in [1.54, 1.807) is 0 Å². The Kier molecular flexibility index (Phi) is 4.63. The zero-order chi connectivity index (χ0) is 12.9. The minimum Gasteiger partial charge on any atom is -0.395 e. The van der Waals surface area contributed by atoms with E-state index < -0.39 is 15.8 Å². The Morgan fingerprint density at radius 3 is 2.71 bits per heavy atom. The molecule has 1 aromatic rings. The zero-order valence-corrected chi connectivity index (χ0v) is 10.0. The van der Waals surface area contributed by atoms with Gasteiger partial charge < -0.3 is 5.11 Å². The molecule has 17 heavy (non-hydrogen) atoms. The minimum absolute atomic E-state index is 0.0964. The SMILES string of the molecule is CNS(=O)(=O)c1ccc(C#CCCO)c(F)c1. The van der Waals surface area contributed by atoms with Gasteiger partial charge in [0.05, 0.1) is 17.1 Å². The molecule has 1 rings (SSSR count). The van der Waals surface area contributed by atoms with Gasteiger partial charge in [-0.3, -0.25) is 0 Å². The minimum atomic E-state index is -3.64. The van der Waals surface area contributed by atoms with E-state index >= 15 is 0 Å². The highest BCUT2D eigenvalue weighted by molar-refractivity contribution is 7.89. The van der Waals surface area contributed by atoms with Crippen LogP contribution < -0.4 is 4.72 Å². The predicted octanol–water partition coefficient (Wildman–Crippen LogP) is 0.468. The number of hydrogen-bond donors (Lipinski definition) is 2. The summed E-state index contributed by atoms with van der Waals surface area (Å²) in [5.41, 5.74) is 0.105. The predicted molar refractivity (Wildman–Crippen MR) is 61.2 cm³/mol. The molecule has 0 aliphatic carbocycles. The molecule has 0 aliphatic heterocycles. The molecule has 0 aromatic heterocycles. The van der Waals surface area contributed by atoms with Crippen molar-refractivity contribution in [1.82, 2.24) is 4.72 Å². The van der Waals surface area contributed by atoms with E-state index in [2.05, 4.69) is 16.6 Å². The van der Waals surface area contributed by atoms with E-state index in [0.29, 0.717) is 0 Å². The monoisotopic (exact) mass is 257 g/mol. The lowest BCUT2D eigenvalue weighted by molar-refractivity contribution is 0.305. The largest absolute Gasteiger partial charge is 0.395 e. The molecule has 4 nitrogen and oxygen atoms in total. The van der Waals surface area contributed by atoms with Crippen LogP contribution in [0.4, 0.5) is 4.39 Å². The van der Waals surface area contributed by atoms with Gasteiger partial charge in [0.1, 0.15) is 5.82 Å². The lowest BCUT2D eigenvalue weighted by Gasteiger charge is -2.02. The number of hydrogen-bond acceptors (Lipinski definition) is 3. The number of halogens is 1. The Bertz CT molecular complexity index is 558. The molecule has 0 amide bonds. The normalized spacial score (nSPS) is 10.8. The van der Waals surface area contributed by atoms with Gasteiger partial charge in [-0.2, -0.15) is 0 Å². The molecule has 0 aliphatic rings. The van der Waals surface area contributed by atoms with Crippen LogP contribution >= 0.6 is 0 Å². The lowest BCUT2D eigenvalue weighted by Crippen LogP contribution is -2.18. The average molecular weight is 257 g/mol. The fourth-order valence-electron chi connectivity index (χ4n) is 1.10. The Morgan fingerprint density at radius 2 is 2.18 bits per heavy atom. The highest BCUT2D eigenvalue weighted by atomic mass is 32.2. The van der Waals surface area contributed by atoms with Crippen LogP contribution in [-0.4, -0.2) is 27.2 Å². The summed E-state index contributed by atoms with van der Waals surface area (Å²) in [5.74, 6) is 4.37. The van der Waals surface area contributed by atoms with Crippen molar-refractivity contribution in [2.24, 2.45) is 0 Å². The molecule has 6 heteroatoms. The van der Waals surface area contributed by atoms with Crippen LogP contribution in [0, 0.1) is 17.7 Å². The molecule has 1 aromatic carbocycles. The number of rotatable bonds is 3. The highest BCUT2D eigenvalue weighted by Crippen LogP contribution is 2.13. The first kappa shape index (κ1) is 13.6. The number of sulfonamides is 1. The summed E-state index contributed by atoms with van der Waals surface area (Å²) >= 11 is 0. The molecule has 0 spiro atoms. The van der Waals surface area contributed by atoms with Gasteiger partial charge in [-0.15, -0.1) is 0 Å². The van der Waals surface area contributed by atoms with Crippen LogP contribution in [0.2, 0.25) is 0 Å². The third kappa shape index (κ3) is 3.53. The van der Waals surface area contributed by atoms with Crippen LogP contribution in [-0.2, 0) is 10.0 Å². The van der Waals surface area contributed by atoms with E-state index in [1.807, 2.05) is 0 Å². The van der Waals surface area contributed by atoms with Gasteiger partial charge >= 0.3 is 0 Å². The van der Waals surface area contributed by atoms with Gasteiger partial charge in [0.2, 0.25) is 10.0 Å². The topological polar surface area (TPSA) is 66.4 Å². The summed E-state index contributed by atoms with van der Waals surface area (Å²) < 4.78 is 38.3. The molecule has 92 valence electrons. The van der Waals surface area contributed by atoms with Crippen molar-refractivity contribution in [3.05, 3.63) is 29.6 Å². The Morgan fingerprint density at radius 1 is 1.47 bits per heavy atom. The molecular weight excluding hydrogens is 245 g/mol. The third-order valence-electron chi connectivity index (χ3n) is 1.98. The Balaban J connectivity index is 3.08.